The Morgan fingerprint density at radius 1 is 1.43 bits per heavy atom. The van der Waals surface area contributed by atoms with Crippen LogP contribution in [0.15, 0.2) is 34.1 Å². The van der Waals surface area contributed by atoms with Gasteiger partial charge >= 0.3 is 0 Å². The molecular formula is C16H14BrNO2S. The van der Waals surface area contributed by atoms with Crippen LogP contribution < -0.4 is 5.32 Å². The van der Waals surface area contributed by atoms with Gasteiger partial charge in [0, 0.05) is 25.9 Å². The van der Waals surface area contributed by atoms with Crippen molar-refractivity contribution < 1.29 is 9.90 Å². The van der Waals surface area contributed by atoms with Crippen molar-refractivity contribution >= 4 is 33.2 Å². The Balaban J connectivity index is 2.04. The first kappa shape index (κ1) is 15.8. The summed E-state index contributed by atoms with van der Waals surface area (Å²) in [6.45, 7) is 2.24. The normalized spacial score (nSPS) is 9.86. The molecule has 0 unspecified atom stereocenters. The molecule has 0 saturated carbocycles. The molecule has 5 heteroatoms. The third-order valence-electron chi connectivity index (χ3n) is 2.84. The number of thiophene rings is 1. The highest BCUT2D eigenvalue weighted by molar-refractivity contribution is 9.10. The van der Waals surface area contributed by atoms with Crippen LogP contribution in [0, 0.1) is 18.8 Å². The minimum Gasteiger partial charge on any atom is -0.384 e. The Morgan fingerprint density at radius 2 is 2.24 bits per heavy atom. The van der Waals surface area contributed by atoms with Gasteiger partial charge < -0.3 is 10.4 Å². The van der Waals surface area contributed by atoms with E-state index in [1.807, 2.05) is 18.4 Å². The summed E-state index contributed by atoms with van der Waals surface area (Å²) in [4.78, 5) is 13.2. The molecule has 0 spiro atoms. The van der Waals surface area contributed by atoms with Gasteiger partial charge in [-0.1, -0.05) is 11.8 Å². The molecule has 1 amide bonds. The van der Waals surface area contributed by atoms with Crippen LogP contribution in [0.5, 0.6) is 0 Å². The van der Waals surface area contributed by atoms with Crippen LogP contribution in [-0.4, -0.2) is 17.6 Å². The molecule has 0 fully saturated rings. The molecule has 0 aliphatic rings. The molecule has 3 nitrogen and oxygen atoms in total. The summed E-state index contributed by atoms with van der Waals surface area (Å²) in [7, 11) is 0. The van der Waals surface area contributed by atoms with Crippen molar-refractivity contribution in [1.82, 2.24) is 5.32 Å². The Labute approximate surface area is 136 Å². The van der Waals surface area contributed by atoms with Crippen LogP contribution in [0.2, 0.25) is 0 Å². The molecule has 21 heavy (non-hydrogen) atoms. The second kappa shape index (κ2) is 7.41. The lowest BCUT2D eigenvalue weighted by molar-refractivity contribution is 0.0951. The highest BCUT2D eigenvalue weighted by Gasteiger charge is 2.07. The Kier molecular flexibility index (Phi) is 5.57. The summed E-state index contributed by atoms with van der Waals surface area (Å²) in [5, 5.41) is 13.6. The second-order valence-electron chi connectivity index (χ2n) is 4.40. The van der Waals surface area contributed by atoms with E-state index in [1.165, 1.54) is 0 Å². The van der Waals surface area contributed by atoms with Gasteiger partial charge in [0.1, 0.15) is 6.61 Å². The third-order valence-corrected chi connectivity index (χ3v) is 4.53. The topological polar surface area (TPSA) is 49.3 Å². The van der Waals surface area contributed by atoms with Crippen LogP contribution in [-0.2, 0) is 6.54 Å². The van der Waals surface area contributed by atoms with Crippen LogP contribution in [0.1, 0.15) is 26.4 Å². The Hall–Kier alpha value is -1.61. The van der Waals surface area contributed by atoms with Gasteiger partial charge in [-0.05, 0) is 52.7 Å². The predicted molar refractivity (Wildman–Crippen MR) is 88.3 cm³/mol. The number of hydrogen-bond donors (Lipinski definition) is 2. The first-order valence-corrected chi connectivity index (χ1v) is 7.99. The molecule has 1 aromatic heterocycles. The number of carbonyl (C=O) groups is 1. The Morgan fingerprint density at radius 3 is 2.86 bits per heavy atom. The fraction of sp³-hybridized carbons (Fsp3) is 0.188. The van der Waals surface area contributed by atoms with Gasteiger partial charge in [-0.2, -0.15) is 0 Å². The molecular weight excluding hydrogens is 350 g/mol. The number of carbonyl (C=O) groups excluding carboxylic acids is 1. The molecule has 0 aliphatic heterocycles. The lowest BCUT2D eigenvalue weighted by Crippen LogP contribution is -2.22. The molecule has 1 heterocycles. The minimum atomic E-state index is -0.169. The Bertz CT molecular complexity index is 713. The summed E-state index contributed by atoms with van der Waals surface area (Å²) in [5.74, 6) is 5.35. The van der Waals surface area contributed by atoms with Gasteiger partial charge in [-0.25, -0.2) is 0 Å². The number of aryl methyl sites for hydroxylation is 1. The molecule has 2 aromatic rings. The molecule has 0 atom stereocenters. The SMILES string of the molecule is Cc1cc(C(=O)NCc2cc(Br)cs2)ccc1C#CCO. The third kappa shape index (κ3) is 4.43. The summed E-state index contributed by atoms with van der Waals surface area (Å²) in [5.41, 5.74) is 2.35. The largest absolute Gasteiger partial charge is 0.384 e. The molecule has 1 aromatic carbocycles. The molecule has 2 N–H and O–H groups in total. The van der Waals surface area contributed by atoms with Crippen LogP contribution in [0.25, 0.3) is 0 Å². The van der Waals surface area contributed by atoms with E-state index >= 15 is 0 Å². The maximum absolute atomic E-state index is 12.1. The van der Waals surface area contributed by atoms with Crippen molar-refractivity contribution in [3.63, 3.8) is 0 Å². The van der Waals surface area contributed by atoms with E-state index in [0.717, 1.165) is 20.5 Å². The maximum Gasteiger partial charge on any atom is 0.251 e. The van der Waals surface area contributed by atoms with Crippen LogP contribution >= 0.6 is 27.3 Å². The number of amides is 1. The number of hydrogen-bond acceptors (Lipinski definition) is 3. The van der Waals surface area contributed by atoms with Crippen molar-refractivity contribution in [3.05, 3.63) is 55.7 Å². The van der Waals surface area contributed by atoms with Gasteiger partial charge in [0.2, 0.25) is 0 Å². The summed E-state index contributed by atoms with van der Waals surface area (Å²) >= 11 is 4.99. The van der Waals surface area contributed by atoms with E-state index in [0.29, 0.717) is 12.1 Å². The first-order valence-electron chi connectivity index (χ1n) is 6.31. The average Bonchev–Trinajstić information content (AvgIpc) is 2.89. The minimum absolute atomic E-state index is 0.107. The van der Waals surface area contributed by atoms with Crippen LogP contribution in [0.3, 0.4) is 0 Å². The van der Waals surface area contributed by atoms with Gasteiger partial charge in [-0.15, -0.1) is 11.3 Å². The predicted octanol–water partition coefficient (Wildman–Crippen LogP) is 3.09. The lowest BCUT2D eigenvalue weighted by Gasteiger charge is -2.06. The van der Waals surface area contributed by atoms with Crippen molar-refractivity contribution in [1.29, 1.82) is 0 Å². The number of halogens is 1. The van der Waals surface area contributed by atoms with Gasteiger partial charge in [0.05, 0.1) is 6.54 Å². The van der Waals surface area contributed by atoms with E-state index in [1.54, 1.807) is 29.5 Å². The molecule has 0 bridgehead atoms. The number of aliphatic hydroxyl groups excluding tert-OH is 1. The standard InChI is InChI=1S/C16H14BrNO2S/c1-11-7-13(5-4-12(11)3-2-6-19)16(20)18-9-15-8-14(17)10-21-15/h4-5,7-8,10,19H,6,9H2,1H3,(H,18,20). The zero-order chi connectivity index (χ0) is 15.2. The van der Waals surface area contributed by atoms with Gasteiger partial charge in [-0.3, -0.25) is 4.79 Å². The number of benzene rings is 1. The molecule has 108 valence electrons. The van der Waals surface area contributed by atoms with E-state index in [9.17, 15) is 4.79 Å². The summed E-state index contributed by atoms with van der Waals surface area (Å²) in [6.07, 6.45) is 0. The highest BCUT2D eigenvalue weighted by Crippen LogP contribution is 2.19. The van der Waals surface area contributed by atoms with E-state index < -0.39 is 0 Å². The monoisotopic (exact) mass is 363 g/mol. The van der Waals surface area contributed by atoms with E-state index in [-0.39, 0.29) is 12.5 Å². The molecule has 0 radical (unpaired) electrons. The van der Waals surface area contributed by atoms with Gasteiger partial charge in [0.15, 0.2) is 0 Å². The quantitative estimate of drug-likeness (QED) is 0.823. The zero-order valence-electron chi connectivity index (χ0n) is 11.4. The summed E-state index contributed by atoms with van der Waals surface area (Å²) < 4.78 is 1.03. The van der Waals surface area contributed by atoms with Crippen molar-refractivity contribution in [3.8, 4) is 11.8 Å². The summed E-state index contributed by atoms with van der Waals surface area (Å²) in [6, 6.07) is 7.34. The van der Waals surface area contributed by atoms with E-state index in [2.05, 4.69) is 33.1 Å². The number of rotatable bonds is 3. The second-order valence-corrected chi connectivity index (χ2v) is 6.31. The molecule has 0 aliphatic carbocycles. The zero-order valence-corrected chi connectivity index (χ0v) is 13.8. The van der Waals surface area contributed by atoms with E-state index in [4.69, 9.17) is 5.11 Å². The molecule has 0 saturated heterocycles. The van der Waals surface area contributed by atoms with Crippen LogP contribution in [0.4, 0.5) is 0 Å². The maximum atomic E-state index is 12.1. The van der Waals surface area contributed by atoms with Gasteiger partial charge in [0.25, 0.3) is 5.91 Å². The average molecular weight is 364 g/mol. The smallest absolute Gasteiger partial charge is 0.251 e. The molecule has 2 rings (SSSR count). The first-order chi connectivity index (χ1) is 10.1. The lowest BCUT2D eigenvalue weighted by atomic mass is 10.0. The van der Waals surface area contributed by atoms with Crippen molar-refractivity contribution in [2.45, 2.75) is 13.5 Å². The van der Waals surface area contributed by atoms with Crippen molar-refractivity contribution in [2.75, 3.05) is 6.61 Å². The number of nitrogens with one attached hydrogen (secondary N) is 1. The highest BCUT2D eigenvalue weighted by atomic mass is 79.9. The fourth-order valence-corrected chi connectivity index (χ4v) is 3.19. The number of aliphatic hydroxyl groups is 1. The fourth-order valence-electron chi connectivity index (χ4n) is 1.80. The van der Waals surface area contributed by atoms with Crippen molar-refractivity contribution in [2.24, 2.45) is 0 Å².